The van der Waals surface area contributed by atoms with Gasteiger partial charge in [0.2, 0.25) is 0 Å². The lowest BCUT2D eigenvalue weighted by molar-refractivity contribution is -0.383. The summed E-state index contributed by atoms with van der Waals surface area (Å²) in [5, 5.41) is 11.4. The lowest BCUT2D eigenvalue weighted by Crippen LogP contribution is -1.94. The second kappa shape index (κ2) is 3.36. The van der Waals surface area contributed by atoms with Crippen LogP contribution in [-0.4, -0.2) is 9.91 Å². The standard InChI is InChI=1S/C9H6ClN3O2/c10-9-6(11)4-5-2-1-3-7(13(14)15)8(5)12-9/h1-4H,11H2. The summed E-state index contributed by atoms with van der Waals surface area (Å²) >= 11 is 5.71. The van der Waals surface area contributed by atoms with Gasteiger partial charge in [0.05, 0.1) is 10.6 Å². The molecule has 2 aromatic rings. The van der Waals surface area contributed by atoms with Crippen LogP contribution in [0.4, 0.5) is 11.4 Å². The third-order valence-corrected chi connectivity index (χ3v) is 2.30. The number of rotatable bonds is 1. The van der Waals surface area contributed by atoms with Crippen LogP contribution in [0.3, 0.4) is 0 Å². The summed E-state index contributed by atoms with van der Waals surface area (Å²) in [5.74, 6) is 0. The molecule has 1 aromatic heterocycles. The minimum atomic E-state index is -0.498. The summed E-state index contributed by atoms with van der Waals surface area (Å²) in [6, 6.07) is 6.22. The maximum atomic E-state index is 10.7. The summed E-state index contributed by atoms with van der Waals surface area (Å²) in [4.78, 5) is 14.1. The van der Waals surface area contributed by atoms with Crippen LogP contribution in [0.15, 0.2) is 24.3 Å². The van der Waals surface area contributed by atoms with Crippen LogP contribution in [-0.2, 0) is 0 Å². The highest BCUT2D eigenvalue weighted by Crippen LogP contribution is 2.28. The predicted octanol–water partition coefficient (Wildman–Crippen LogP) is 2.38. The van der Waals surface area contributed by atoms with Gasteiger partial charge in [-0.05, 0) is 6.07 Å². The Kier molecular flexibility index (Phi) is 2.17. The highest BCUT2D eigenvalue weighted by Gasteiger charge is 2.13. The Bertz CT molecular complexity index is 556. The lowest BCUT2D eigenvalue weighted by atomic mass is 10.2. The van der Waals surface area contributed by atoms with E-state index in [0.29, 0.717) is 11.1 Å². The zero-order valence-corrected chi connectivity index (χ0v) is 8.23. The molecule has 0 spiro atoms. The number of pyridine rings is 1. The van der Waals surface area contributed by atoms with Crippen LogP contribution < -0.4 is 5.73 Å². The number of nitrogens with zero attached hydrogens (tertiary/aromatic N) is 2. The summed E-state index contributed by atoms with van der Waals surface area (Å²) in [6.45, 7) is 0. The summed E-state index contributed by atoms with van der Waals surface area (Å²) in [7, 11) is 0. The number of fused-ring (bicyclic) bond motifs is 1. The molecule has 0 saturated heterocycles. The largest absolute Gasteiger partial charge is 0.396 e. The Morgan fingerprint density at radius 1 is 1.47 bits per heavy atom. The van der Waals surface area contributed by atoms with E-state index in [1.54, 1.807) is 18.2 Å². The molecule has 0 amide bonds. The van der Waals surface area contributed by atoms with Crippen molar-refractivity contribution in [1.29, 1.82) is 0 Å². The van der Waals surface area contributed by atoms with Gasteiger partial charge in [-0.1, -0.05) is 23.7 Å². The number of benzene rings is 1. The fourth-order valence-corrected chi connectivity index (χ4v) is 1.46. The summed E-state index contributed by atoms with van der Waals surface area (Å²) in [6.07, 6.45) is 0. The number of nitrogen functional groups attached to an aromatic ring is 1. The molecule has 0 aliphatic rings. The van der Waals surface area contributed by atoms with Crippen molar-refractivity contribution >= 4 is 33.9 Å². The van der Waals surface area contributed by atoms with Gasteiger partial charge in [-0.2, -0.15) is 0 Å². The van der Waals surface area contributed by atoms with E-state index in [-0.39, 0.29) is 16.4 Å². The number of non-ortho nitro benzene ring substituents is 1. The van der Waals surface area contributed by atoms with Gasteiger partial charge in [0.15, 0.2) is 5.15 Å². The molecular weight excluding hydrogens is 218 g/mol. The van der Waals surface area contributed by atoms with E-state index in [1.807, 2.05) is 0 Å². The van der Waals surface area contributed by atoms with Crippen LogP contribution in [0.2, 0.25) is 5.15 Å². The van der Waals surface area contributed by atoms with Crippen molar-refractivity contribution in [2.24, 2.45) is 0 Å². The van der Waals surface area contributed by atoms with Gasteiger partial charge in [0, 0.05) is 11.5 Å². The smallest absolute Gasteiger partial charge is 0.295 e. The molecule has 0 radical (unpaired) electrons. The Labute approximate surface area is 89.6 Å². The Balaban J connectivity index is 2.86. The van der Waals surface area contributed by atoms with Crippen LogP contribution >= 0.6 is 11.6 Å². The first kappa shape index (κ1) is 9.67. The fraction of sp³-hybridized carbons (Fsp3) is 0. The molecule has 0 fully saturated rings. The average Bonchev–Trinajstić information content (AvgIpc) is 2.18. The highest BCUT2D eigenvalue weighted by molar-refractivity contribution is 6.32. The van der Waals surface area contributed by atoms with Gasteiger partial charge < -0.3 is 5.73 Å². The molecule has 0 unspecified atom stereocenters. The third kappa shape index (κ3) is 1.57. The molecule has 15 heavy (non-hydrogen) atoms. The van der Waals surface area contributed by atoms with Gasteiger partial charge in [-0.25, -0.2) is 4.98 Å². The number of nitro benzene ring substituents is 1. The van der Waals surface area contributed by atoms with Gasteiger partial charge in [0.1, 0.15) is 5.52 Å². The molecule has 1 aromatic carbocycles. The van der Waals surface area contributed by atoms with Crippen LogP contribution in [0, 0.1) is 10.1 Å². The number of halogens is 1. The molecule has 2 rings (SSSR count). The number of aromatic nitrogens is 1. The zero-order chi connectivity index (χ0) is 11.0. The first-order valence-corrected chi connectivity index (χ1v) is 4.46. The van der Waals surface area contributed by atoms with Crippen molar-refractivity contribution in [2.75, 3.05) is 5.73 Å². The van der Waals surface area contributed by atoms with Crippen molar-refractivity contribution in [3.05, 3.63) is 39.5 Å². The maximum Gasteiger partial charge on any atom is 0.295 e. The predicted molar refractivity (Wildman–Crippen MR) is 57.8 cm³/mol. The molecule has 5 nitrogen and oxygen atoms in total. The van der Waals surface area contributed by atoms with E-state index in [0.717, 1.165) is 0 Å². The first-order valence-electron chi connectivity index (χ1n) is 4.08. The molecule has 2 N–H and O–H groups in total. The van der Waals surface area contributed by atoms with Crippen molar-refractivity contribution in [3.8, 4) is 0 Å². The van der Waals surface area contributed by atoms with Crippen LogP contribution in [0.1, 0.15) is 0 Å². The van der Waals surface area contributed by atoms with Crippen molar-refractivity contribution in [1.82, 2.24) is 4.98 Å². The monoisotopic (exact) mass is 223 g/mol. The molecule has 0 atom stereocenters. The topological polar surface area (TPSA) is 82.0 Å². The van der Waals surface area contributed by atoms with E-state index in [9.17, 15) is 10.1 Å². The van der Waals surface area contributed by atoms with Gasteiger partial charge in [0.25, 0.3) is 5.69 Å². The minimum Gasteiger partial charge on any atom is -0.396 e. The number of nitrogens with two attached hydrogens (primary N) is 1. The van der Waals surface area contributed by atoms with E-state index in [1.165, 1.54) is 6.07 Å². The van der Waals surface area contributed by atoms with Crippen LogP contribution in [0.5, 0.6) is 0 Å². The number of anilines is 1. The van der Waals surface area contributed by atoms with Gasteiger partial charge in [-0.3, -0.25) is 10.1 Å². The Morgan fingerprint density at radius 2 is 2.20 bits per heavy atom. The number of nitro groups is 1. The second-order valence-electron chi connectivity index (χ2n) is 2.97. The highest BCUT2D eigenvalue weighted by atomic mass is 35.5. The van der Waals surface area contributed by atoms with Crippen molar-refractivity contribution in [2.45, 2.75) is 0 Å². The second-order valence-corrected chi connectivity index (χ2v) is 3.33. The molecule has 6 heteroatoms. The molecule has 0 bridgehead atoms. The van der Waals surface area contributed by atoms with E-state index >= 15 is 0 Å². The number of para-hydroxylation sites is 1. The molecular formula is C9H6ClN3O2. The molecule has 0 aliphatic carbocycles. The molecule has 76 valence electrons. The Morgan fingerprint density at radius 3 is 2.87 bits per heavy atom. The normalized spacial score (nSPS) is 10.5. The summed E-state index contributed by atoms with van der Waals surface area (Å²) < 4.78 is 0. The lowest BCUT2D eigenvalue weighted by Gasteiger charge is -2.01. The summed E-state index contributed by atoms with van der Waals surface area (Å²) in [5.41, 5.74) is 6.03. The maximum absolute atomic E-state index is 10.7. The van der Waals surface area contributed by atoms with Crippen molar-refractivity contribution in [3.63, 3.8) is 0 Å². The SMILES string of the molecule is Nc1cc2cccc([N+](=O)[O-])c2nc1Cl. The number of hydrogen-bond donors (Lipinski definition) is 1. The molecule has 0 saturated carbocycles. The Hall–Kier alpha value is -1.88. The van der Waals surface area contributed by atoms with E-state index < -0.39 is 4.92 Å². The quantitative estimate of drug-likeness (QED) is 0.457. The van der Waals surface area contributed by atoms with Crippen molar-refractivity contribution < 1.29 is 4.92 Å². The number of hydrogen-bond acceptors (Lipinski definition) is 4. The van der Waals surface area contributed by atoms with E-state index in [4.69, 9.17) is 17.3 Å². The first-order chi connectivity index (χ1) is 7.09. The minimum absolute atomic E-state index is 0.0746. The average molecular weight is 224 g/mol. The zero-order valence-electron chi connectivity index (χ0n) is 7.48. The third-order valence-electron chi connectivity index (χ3n) is 2.00. The van der Waals surface area contributed by atoms with Crippen LogP contribution in [0.25, 0.3) is 10.9 Å². The van der Waals surface area contributed by atoms with Gasteiger partial charge >= 0.3 is 0 Å². The van der Waals surface area contributed by atoms with E-state index in [2.05, 4.69) is 4.98 Å². The molecule has 1 heterocycles. The molecule has 0 aliphatic heterocycles. The fourth-order valence-electron chi connectivity index (χ4n) is 1.32. The van der Waals surface area contributed by atoms with Gasteiger partial charge in [-0.15, -0.1) is 0 Å².